The number of nitro benzene ring substituents is 1. The molecule has 0 spiro atoms. The SMILES string of the molecule is O=[N+]([O-])c1cc(Br)c(O)c(C=Nc2ccccc2OC(F)(F)C(F)F)c1. The molecule has 0 aliphatic carbocycles. The van der Waals surface area contributed by atoms with Crippen molar-refractivity contribution in [3.63, 3.8) is 0 Å². The second kappa shape index (κ2) is 7.68. The molecule has 0 unspecified atom stereocenters. The first-order valence-electron chi connectivity index (χ1n) is 6.77. The summed E-state index contributed by atoms with van der Waals surface area (Å²) in [4.78, 5) is 13.9. The first-order chi connectivity index (χ1) is 12.1. The monoisotopic (exact) mass is 436 g/mol. The van der Waals surface area contributed by atoms with Gasteiger partial charge in [0.15, 0.2) is 5.75 Å². The molecule has 26 heavy (non-hydrogen) atoms. The van der Waals surface area contributed by atoms with E-state index in [-0.39, 0.29) is 27.2 Å². The molecule has 0 radical (unpaired) electrons. The second-order valence-corrected chi connectivity index (χ2v) is 5.67. The quantitative estimate of drug-likeness (QED) is 0.297. The summed E-state index contributed by atoms with van der Waals surface area (Å²) in [6.45, 7) is 0. The molecule has 0 saturated heterocycles. The van der Waals surface area contributed by atoms with Crippen LogP contribution in [0.2, 0.25) is 0 Å². The number of phenolic OH excluding ortho intramolecular Hbond substituents is 1. The third-order valence-corrected chi connectivity index (χ3v) is 3.60. The van der Waals surface area contributed by atoms with Gasteiger partial charge in [-0.25, -0.2) is 0 Å². The number of nitrogens with zero attached hydrogens (tertiary/aromatic N) is 2. The molecule has 0 atom stereocenters. The van der Waals surface area contributed by atoms with E-state index in [9.17, 15) is 32.8 Å². The maximum atomic E-state index is 13.1. The van der Waals surface area contributed by atoms with Gasteiger partial charge in [0, 0.05) is 23.9 Å². The van der Waals surface area contributed by atoms with E-state index in [1.54, 1.807) is 0 Å². The summed E-state index contributed by atoms with van der Waals surface area (Å²) < 4.78 is 54.8. The van der Waals surface area contributed by atoms with Gasteiger partial charge in [-0.1, -0.05) is 12.1 Å². The van der Waals surface area contributed by atoms with E-state index in [4.69, 9.17) is 0 Å². The minimum atomic E-state index is -4.72. The maximum absolute atomic E-state index is 13.1. The predicted molar refractivity (Wildman–Crippen MR) is 87.7 cm³/mol. The molecule has 0 heterocycles. The summed E-state index contributed by atoms with van der Waals surface area (Å²) in [5.74, 6) is -1.01. The Morgan fingerprint density at radius 2 is 1.96 bits per heavy atom. The average Bonchev–Trinajstić information content (AvgIpc) is 2.56. The summed E-state index contributed by atoms with van der Waals surface area (Å²) in [5.41, 5.74) is -0.693. The normalized spacial score (nSPS) is 11.9. The van der Waals surface area contributed by atoms with Gasteiger partial charge in [-0.15, -0.1) is 0 Å². The highest BCUT2D eigenvalue weighted by molar-refractivity contribution is 9.10. The highest BCUT2D eigenvalue weighted by Gasteiger charge is 2.44. The highest BCUT2D eigenvalue weighted by Crippen LogP contribution is 2.35. The fourth-order valence-electron chi connectivity index (χ4n) is 1.79. The lowest BCUT2D eigenvalue weighted by atomic mass is 10.2. The standard InChI is InChI=1S/C15H9BrF4N2O4/c16-10-6-9(22(24)25)5-8(13(10)23)7-21-11-3-1-2-4-12(11)26-15(19,20)14(17)18/h1-7,14,23H. The van der Waals surface area contributed by atoms with Crippen LogP contribution >= 0.6 is 15.9 Å². The van der Waals surface area contributed by atoms with Crippen LogP contribution in [-0.2, 0) is 0 Å². The number of alkyl halides is 4. The molecule has 0 saturated carbocycles. The van der Waals surface area contributed by atoms with Crippen LogP contribution in [0.25, 0.3) is 0 Å². The molecular weight excluding hydrogens is 428 g/mol. The van der Waals surface area contributed by atoms with Crippen LogP contribution in [0.15, 0.2) is 45.9 Å². The number of hydrogen-bond acceptors (Lipinski definition) is 5. The van der Waals surface area contributed by atoms with Gasteiger partial charge in [-0.3, -0.25) is 15.1 Å². The second-order valence-electron chi connectivity index (χ2n) is 4.81. The lowest BCUT2D eigenvalue weighted by Gasteiger charge is -2.17. The molecule has 0 bridgehead atoms. The maximum Gasteiger partial charge on any atom is 0.461 e. The number of hydrogen-bond donors (Lipinski definition) is 1. The van der Waals surface area contributed by atoms with Crippen LogP contribution in [0.1, 0.15) is 5.56 Å². The number of ether oxygens (including phenoxy) is 1. The van der Waals surface area contributed by atoms with Gasteiger partial charge in [0.1, 0.15) is 11.4 Å². The van der Waals surface area contributed by atoms with Crippen molar-refractivity contribution in [1.82, 2.24) is 0 Å². The number of nitro groups is 1. The van der Waals surface area contributed by atoms with Gasteiger partial charge >= 0.3 is 12.5 Å². The van der Waals surface area contributed by atoms with Crippen molar-refractivity contribution < 1.29 is 32.3 Å². The molecule has 0 aliphatic heterocycles. The van der Waals surface area contributed by atoms with Crippen molar-refractivity contribution in [3.05, 3.63) is 56.5 Å². The number of aliphatic imine (C=N–C) groups is 1. The lowest BCUT2D eigenvalue weighted by Crippen LogP contribution is -2.33. The van der Waals surface area contributed by atoms with Crippen molar-refractivity contribution >= 4 is 33.5 Å². The van der Waals surface area contributed by atoms with Crippen molar-refractivity contribution in [2.24, 2.45) is 4.99 Å². The minimum absolute atomic E-state index is 0.0157. The molecule has 138 valence electrons. The number of aromatic hydroxyl groups is 1. The van der Waals surface area contributed by atoms with Crippen LogP contribution in [0.3, 0.4) is 0 Å². The summed E-state index contributed by atoms with van der Waals surface area (Å²) in [6.07, 6.45) is -7.81. The van der Waals surface area contributed by atoms with Gasteiger partial charge in [-0.2, -0.15) is 17.6 Å². The molecule has 2 aromatic rings. The van der Waals surface area contributed by atoms with Crippen LogP contribution < -0.4 is 4.74 Å². The predicted octanol–water partition coefficient (Wildman–Crippen LogP) is 5.05. The number of non-ortho nitro benzene ring substituents is 1. The summed E-state index contributed by atoms with van der Waals surface area (Å²) >= 11 is 2.94. The highest BCUT2D eigenvalue weighted by atomic mass is 79.9. The molecule has 1 N–H and O–H groups in total. The first kappa shape index (κ1) is 19.6. The zero-order chi connectivity index (χ0) is 19.5. The Hall–Kier alpha value is -2.69. The van der Waals surface area contributed by atoms with Crippen LogP contribution in [0, 0.1) is 10.1 Å². The molecule has 0 fully saturated rings. The number of halogens is 5. The van der Waals surface area contributed by atoms with E-state index in [1.165, 1.54) is 18.2 Å². The molecule has 2 aromatic carbocycles. The van der Waals surface area contributed by atoms with Crippen LogP contribution in [0.5, 0.6) is 11.5 Å². The van der Waals surface area contributed by atoms with Gasteiger partial charge in [-0.05, 0) is 28.1 Å². The zero-order valence-corrected chi connectivity index (χ0v) is 14.2. The summed E-state index contributed by atoms with van der Waals surface area (Å²) in [6, 6.07) is 6.94. The fraction of sp³-hybridized carbons (Fsp3) is 0.133. The van der Waals surface area contributed by atoms with Gasteiger partial charge in [0.2, 0.25) is 0 Å². The molecule has 0 aromatic heterocycles. The largest absolute Gasteiger partial charge is 0.506 e. The Kier molecular flexibility index (Phi) is 5.80. The molecule has 2 rings (SSSR count). The average molecular weight is 437 g/mol. The lowest BCUT2D eigenvalue weighted by molar-refractivity contribution is -0.385. The van der Waals surface area contributed by atoms with Crippen molar-refractivity contribution in [1.29, 1.82) is 0 Å². The third-order valence-electron chi connectivity index (χ3n) is 3.00. The Morgan fingerprint density at radius 1 is 1.31 bits per heavy atom. The zero-order valence-electron chi connectivity index (χ0n) is 12.6. The third kappa shape index (κ3) is 4.48. The van der Waals surface area contributed by atoms with E-state index in [0.717, 1.165) is 24.4 Å². The smallest absolute Gasteiger partial charge is 0.461 e. The van der Waals surface area contributed by atoms with E-state index >= 15 is 0 Å². The molecule has 0 amide bonds. The van der Waals surface area contributed by atoms with Gasteiger partial charge < -0.3 is 9.84 Å². The number of rotatable bonds is 6. The summed E-state index contributed by atoms with van der Waals surface area (Å²) in [7, 11) is 0. The van der Waals surface area contributed by atoms with Crippen molar-refractivity contribution in [2.75, 3.05) is 0 Å². The van der Waals surface area contributed by atoms with Crippen LogP contribution in [-0.4, -0.2) is 28.8 Å². The molecule has 6 nitrogen and oxygen atoms in total. The summed E-state index contributed by atoms with van der Waals surface area (Å²) in [5, 5.41) is 20.7. The fourth-order valence-corrected chi connectivity index (χ4v) is 2.25. The van der Waals surface area contributed by atoms with Gasteiger partial charge in [0.25, 0.3) is 5.69 Å². The molecular formula is C15H9BrF4N2O4. The number of para-hydroxylation sites is 2. The van der Waals surface area contributed by atoms with E-state index < -0.39 is 23.2 Å². The minimum Gasteiger partial charge on any atom is -0.506 e. The number of phenols is 1. The molecule has 11 heteroatoms. The Bertz CT molecular complexity index is 862. The molecule has 0 aliphatic rings. The Balaban J connectivity index is 2.39. The van der Waals surface area contributed by atoms with E-state index in [2.05, 4.69) is 25.7 Å². The van der Waals surface area contributed by atoms with Gasteiger partial charge in [0.05, 0.1) is 9.40 Å². The van der Waals surface area contributed by atoms with Crippen molar-refractivity contribution in [2.45, 2.75) is 12.5 Å². The van der Waals surface area contributed by atoms with E-state index in [1.807, 2.05) is 0 Å². The Morgan fingerprint density at radius 3 is 2.58 bits per heavy atom. The number of benzene rings is 2. The van der Waals surface area contributed by atoms with Crippen LogP contribution in [0.4, 0.5) is 28.9 Å². The first-order valence-corrected chi connectivity index (χ1v) is 7.56. The Labute approximate surface area is 152 Å². The van der Waals surface area contributed by atoms with Crippen molar-refractivity contribution in [3.8, 4) is 11.5 Å². The van der Waals surface area contributed by atoms with E-state index in [0.29, 0.717) is 0 Å². The topological polar surface area (TPSA) is 85.0 Å².